The number of benzene rings is 7. The van der Waals surface area contributed by atoms with Gasteiger partial charge in [-0.25, -0.2) is 0 Å². The Hall–Kier alpha value is -7.06. The molecule has 0 fully saturated rings. The summed E-state index contributed by atoms with van der Waals surface area (Å²) in [6, 6.07) is 48.9. The van der Waals surface area contributed by atoms with Crippen LogP contribution in [0.1, 0.15) is 52.7 Å². The lowest BCUT2D eigenvalue weighted by molar-refractivity contribution is 0.403. The molecule has 294 valence electrons. The number of hydrogen-bond acceptors (Lipinski definition) is 8. The van der Waals surface area contributed by atoms with Crippen molar-refractivity contribution in [3.8, 4) is 69.0 Å². The highest BCUT2D eigenvalue weighted by molar-refractivity contribution is 5.53. The van der Waals surface area contributed by atoms with Crippen molar-refractivity contribution in [2.75, 3.05) is 11.5 Å². The summed E-state index contributed by atoms with van der Waals surface area (Å²) in [5, 5.41) is 0. The third kappa shape index (κ3) is 10.2. The van der Waals surface area contributed by atoms with Gasteiger partial charge >= 0.3 is 0 Å². The predicted molar refractivity (Wildman–Crippen MR) is 232 cm³/mol. The number of nitrogens with two attached hydrogens (primary N) is 2. The third-order valence-electron chi connectivity index (χ3n) is 9.18. The van der Waals surface area contributed by atoms with Crippen LogP contribution in [0, 0.1) is 0 Å². The van der Waals surface area contributed by atoms with E-state index in [-0.39, 0.29) is 10.8 Å². The zero-order chi connectivity index (χ0) is 40.9. The summed E-state index contributed by atoms with van der Waals surface area (Å²) >= 11 is 0. The predicted octanol–water partition coefficient (Wildman–Crippen LogP) is 14.2. The molecule has 0 bridgehead atoms. The molecule has 8 heteroatoms. The lowest BCUT2D eigenvalue weighted by atomic mass is 9.87. The van der Waals surface area contributed by atoms with Crippen molar-refractivity contribution in [3.63, 3.8) is 0 Å². The van der Waals surface area contributed by atoms with E-state index in [9.17, 15) is 0 Å². The molecule has 7 aromatic carbocycles. The maximum Gasteiger partial charge on any atom is 0.170 e. The van der Waals surface area contributed by atoms with E-state index in [1.165, 1.54) is 0 Å². The lowest BCUT2D eigenvalue weighted by Gasteiger charge is -2.22. The second-order valence-corrected chi connectivity index (χ2v) is 16.0. The fourth-order valence-corrected chi connectivity index (χ4v) is 5.93. The van der Waals surface area contributed by atoms with Crippen LogP contribution in [0.25, 0.3) is 0 Å². The maximum absolute atomic E-state index is 6.52. The van der Waals surface area contributed by atoms with Gasteiger partial charge in [0.1, 0.15) is 46.0 Å². The molecule has 0 saturated carbocycles. The highest BCUT2D eigenvalue weighted by atomic mass is 16.5. The van der Waals surface area contributed by atoms with Crippen molar-refractivity contribution in [1.29, 1.82) is 0 Å². The van der Waals surface area contributed by atoms with E-state index >= 15 is 0 Å². The zero-order valence-corrected chi connectivity index (χ0v) is 33.6. The Morgan fingerprint density at radius 3 is 0.897 bits per heavy atom. The number of anilines is 2. The number of rotatable bonds is 12. The van der Waals surface area contributed by atoms with Crippen molar-refractivity contribution in [3.05, 3.63) is 169 Å². The SMILES string of the molecule is CC(C)(C)c1ccc(Oc2cccc(Oc3ccc(C(C)(C)C)cc3Oc3cccc(Oc4ccc(N)cc4)c3)c2)c(Oc2cccc(Oc3ccc(N)cc3)c2)c1. The molecular weight excluding hydrogens is 725 g/mol. The molecule has 7 rings (SSSR count). The first-order valence-electron chi connectivity index (χ1n) is 19.1. The van der Waals surface area contributed by atoms with Crippen molar-refractivity contribution in [2.24, 2.45) is 0 Å². The first-order chi connectivity index (χ1) is 27.7. The Morgan fingerprint density at radius 1 is 0.293 bits per heavy atom. The van der Waals surface area contributed by atoms with Crippen molar-refractivity contribution in [1.82, 2.24) is 0 Å². The van der Waals surface area contributed by atoms with Crippen LogP contribution in [-0.2, 0) is 10.8 Å². The first-order valence-corrected chi connectivity index (χ1v) is 19.1. The summed E-state index contributed by atoms with van der Waals surface area (Å²) in [6.07, 6.45) is 0. The van der Waals surface area contributed by atoms with Gasteiger partial charge in [-0.3, -0.25) is 0 Å². The van der Waals surface area contributed by atoms with E-state index in [0.717, 1.165) is 11.1 Å². The van der Waals surface area contributed by atoms with E-state index in [2.05, 4.69) is 53.7 Å². The molecule has 58 heavy (non-hydrogen) atoms. The Morgan fingerprint density at radius 2 is 0.586 bits per heavy atom. The fourth-order valence-electron chi connectivity index (χ4n) is 5.93. The second kappa shape index (κ2) is 16.6. The first kappa shape index (κ1) is 39.2. The Bertz CT molecular complexity index is 2330. The number of hydrogen-bond donors (Lipinski definition) is 2. The van der Waals surface area contributed by atoms with E-state index in [1.54, 1.807) is 24.3 Å². The lowest BCUT2D eigenvalue weighted by Crippen LogP contribution is -2.11. The number of ether oxygens (including phenoxy) is 6. The van der Waals surface area contributed by atoms with Gasteiger partial charge in [0.15, 0.2) is 23.0 Å². The molecule has 0 aromatic heterocycles. The van der Waals surface area contributed by atoms with Gasteiger partial charge in [-0.15, -0.1) is 0 Å². The molecule has 0 aliphatic rings. The van der Waals surface area contributed by atoms with E-state index in [4.69, 9.17) is 39.9 Å². The fraction of sp³-hybridized carbons (Fsp3) is 0.160. The van der Waals surface area contributed by atoms with Crippen LogP contribution >= 0.6 is 0 Å². The van der Waals surface area contributed by atoms with E-state index < -0.39 is 0 Å². The molecule has 0 unspecified atom stereocenters. The molecule has 0 radical (unpaired) electrons. The summed E-state index contributed by atoms with van der Waals surface area (Å²) < 4.78 is 38.2. The van der Waals surface area contributed by atoms with Crippen LogP contribution in [0.3, 0.4) is 0 Å². The highest BCUT2D eigenvalue weighted by Crippen LogP contribution is 2.42. The normalized spacial score (nSPS) is 11.4. The molecule has 0 aliphatic carbocycles. The topological polar surface area (TPSA) is 107 Å². The van der Waals surface area contributed by atoms with Gasteiger partial charge in [0, 0.05) is 29.6 Å². The Labute approximate surface area is 340 Å². The zero-order valence-electron chi connectivity index (χ0n) is 33.6. The van der Waals surface area contributed by atoms with Crippen LogP contribution in [0.5, 0.6) is 69.0 Å². The Kier molecular flexibility index (Phi) is 11.2. The van der Waals surface area contributed by atoms with Gasteiger partial charge in [0.2, 0.25) is 0 Å². The maximum atomic E-state index is 6.52. The quantitative estimate of drug-likeness (QED) is 0.118. The average Bonchev–Trinajstić information content (AvgIpc) is 3.18. The molecule has 0 heterocycles. The molecule has 0 atom stereocenters. The summed E-state index contributed by atoms with van der Waals surface area (Å²) in [6.45, 7) is 13.0. The van der Waals surface area contributed by atoms with Gasteiger partial charge in [-0.1, -0.05) is 71.9 Å². The highest BCUT2D eigenvalue weighted by Gasteiger charge is 2.20. The van der Waals surface area contributed by atoms with Gasteiger partial charge in [-0.2, -0.15) is 0 Å². The number of nitrogen functional groups attached to an aromatic ring is 2. The molecule has 0 saturated heterocycles. The summed E-state index contributed by atoms with van der Waals surface area (Å²) in [7, 11) is 0. The van der Waals surface area contributed by atoms with Gasteiger partial charge in [0.05, 0.1) is 0 Å². The van der Waals surface area contributed by atoms with Crippen LogP contribution in [0.2, 0.25) is 0 Å². The van der Waals surface area contributed by atoms with Crippen LogP contribution in [-0.4, -0.2) is 0 Å². The molecule has 0 amide bonds. The van der Waals surface area contributed by atoms with E-state index in [0.29, 0.717) is 80.4 Å². The molecule has 0 spiro atoms. The standard InChI is InChI=1S/C50H48N2O6/c1-49(2,3)33-16-26-45(47(28-33)57-43-14-7-10-39(30-43)53-37-22-18-35(51)19-23-37)55-41-12-9-13-42(32-41)56-46-27-17-34(50(4,5)6)29-48(46)58-44-15-8-11-40(31-44)54-38-24-20-36(52)21-25-38/h7-32H,51-52H2,1-6H3. The van der Waals surface area contributed by atoms with Crippen molar-refractivity contribution < 1.29 is 28.4 Å². The monoisotopic (exact) mass is 772 g/mol. The van der Waals surface area contributed by atoms with Gasteiger partial charge in [-0.05, 0) is 131 Å². The second-order valence-electron chi connectivity index (χ2n) is 16.0. The minimum atomic E-state index is -0.127. The van der Waals surface area contributed by atoms with Crippen molar-refractivity contribution >= 4 is 11.4 Å². The smallest absolute Gasteiger partial charge is 0.170 e. The average molecular weight is 773 g/mol. The molecule has 8 nitrogen and oxygen atoms in total. The van der Waals surface area contributed by atoms with Crippen molar-refractivity contribution in [2.45, 2.75) is 52.4 Å². The molecule has 7 aromatic rings. The summed E-state index contributed by atoms with van der Waals surface area (Å²) in [4.78, 5) is 0. The minimum absolute atomic E-state index is 0.127. The van der Waals surface area contributed by atoms with Gasteiger partial charge in [0.25, 0.3) is 0 Å². The molecule has 0 aliphatic heterocycles. The van der Waals surface area contributed by atoms with Gasteiger partial charge < -0.3 is 39.9 Å². The summed E-state index contributed by atoms with van der Waals surface area (Å²) in [5.41, 5.74) is 15.0. The van der Waals surface area contributed by atoms with E-state index in [1.807, 2.05) is 121 Å². The van der Waals surface area contributed by atoms with Crippen LogP contribution < -0.4 is 39.9 Å². The van der Waals surface area contributed by atoms with Crippen LogP contribution in [0.4, 0.5) is 11.4 Å². The third-order valence-corrected chi connectivity index (χ3v) is 9.18. The summed E-state index contributed by atoms with van der Waals surface area (Å²) in [5.74, 6) is 7.09. The molecule has 4 N–H and O–H groups in total. The van der Waals surface area contributed by atoms with Crippen LogP contribution in [0.15, 0.2) is 158 Å². The minimum Gasteiger partial charge on any atom is -0.457 e. The molecular formula is C50H48N2O6. The Balaban J connectivity index is 1.13. The largest absolute Gasteiger partial charge is 0.457 e.